The average molecular weight is 536 g/mol. The summed E-state index contributed by atoms with van der Waals surface area (Å²) in [6.45, 7) is 1.94. The van der Waals surface area contributed by atoms with Crippen molar-refractivity contribution in [2.75, 3.05) is 12.5 Å². The predicted octanol–water partition coefficient (Wildman–Crippen LogP) is 6.22. The summed E-state index contributed by atoms with van der Waals surface area (Å²) >= 11 is 0. The van der Waals surface area contributed by atoms with Crippen molar-refractivity contribution in [3.63, 3.8) is 0 Å². The topological polar surface area (TPSA) is 109 Å². The summed E-state index contributed by atoms with van der Waals surface area (Å²) in [6.07, 6.45) is 10.5. The quantitative estimate of drug-likeness (QED) is 0.240. The molecule has 9 nitrogen and oxygen atoms in total. The standard InChI is InChI=1S/C31H33N7O2/c1-22(25-13-8-14-27(19-25)40-2)38(30(39)24-11-4-3-5-12-24)36-31-33-18-16-28(35-31)26-20-34-37(21-26)29(15-17-32)23-9-6-7-10-23/h3-5,8,11-14,16,18-23,29H,6-7,9-10,15H2,1-2H3,(H,33,35,36). The van der Waals surface area contributed by atoms with Gasteiger partial charge in [-0.25, -0.2) is 15.0 Å². The highest BCUT2D eigenvalue weighted by Gasteiger charge is 2.28. The molecular formula is C31H33N7O2. The molecule has 2 heterocycles. The number of ether oxygens (including phenoxy) is 1. The minimum absolute atomic E-state index is 0.0587. The Kier molecular flexibility index (Phi) is 8.35. The van der Waals surface area contributed by atoms with Crippen LogP contribution in [0, 0.1) is 17.2 Å². The minimum atomic E-state index is -0.365. The molecule has 2 unspecified atom stereocenters. The molecule has 0 spiro atoms. The monoisotopic (exact) mass is 535 g/mol. The lowest BCUT2D eigenvalue weighted by Gasteiger charge is -2.30. The Hall–Kier alpha value is -4.71. The lowest BCUT2D eigenvalue weighted by atomic mass is 9.96. The normalized spacial score (nSPS) is 14.7. The number of amides is 1. The first-order chi connectivity index (χ1) is 19.6. The first-order valence-corrected chi connectivity index (χ1v) is 13.6. The highest BCUT2D eigenvalue weighted by Crippen LogP contribution is 2.36. The summed E-state index contributed by atoms with van der Waals surface area (Å²) in [4.78, 5) is 22.8. The lowest BCUT2D eigenvalue weighted by molar-refractivity contribution is 0.0738. The fraction of sp³-hybridized carbons (Fsp3) is 0.323. The van der Waals surface area contributed by atoms with Gasteiger partial charge in [0.05, 0.1) is 43.6 Å². The number of hydrogen-bond acceptors (Lipinski definition) is 7. The van der Waals surface area contributed by atoms with Gasteiger partial charge in [0.25, 0.3) is 5.91 Å². The highest BCUT2D eigenvalue weighted by atomic mass is 16.5. The second-order valence-corrected chi connectivity index (χ2v) is 10.1. The molecule has 0 aliphatic heterocycles. The molecule has 9 heteroatoms. The van der Waals surface area contributed by atoms with Gasteiger partial charge in [0.15, 0.2) is 0 Å². The van der Waals surface area contributed by atoms with Gasteiger partial charge >= 0.3 is 0 Å². The zero-order chi connectivity index (χ0) is 27.9. The zero-order valence-electron chi connectivity index (χ0n) is 22.8. The number of anilines is 1. The van der Waals surface area contributed by atoms with Crippen molar-refractivity contribution in [3.8, 4) is 23.1 Å². The van der Waals surface area contributed by atoms with Gasteiger partial charge in [-0.05, 0) is 61.6 Å². The van der Waals surface area contributed by atoms with E-state index in [9.17, 15) is 10.1 Å². The van der Waals surface area contributed by atoms with Crippen molar-refractivity contribution >= 4 is 11.9 Å². The van der Waals surface area contributed by atoms with Crippen molar-refractivity contribution in [2.24, 2.45) is 5.92 Å². The Morgan fingerprint density at radius 2 is 1.98 bits per heavy atom. The van der Waals surface area contributed by atoms with E-state index < -0.39 is 0 Å². The number of rotatable bonds is 10. The molecule has 4 aromatic rings. The number of methoxy groups -OCH3 is 1. The largest absolute Gasteiger partial charge is 0.497 e. The number of aromatic nitrogens is 4. The molecule has 1 N–H and O–H groups in total. The predicted molar refractivity (Wildman–Crippen MR) is 152 cm³/mol. The number of nitrogens with one attached hydrogen (secondary N) is 1. The number of carbonyl (C=O) groups is 1. The summed E-state index contributed by atoms with van der Waals surface area (Å²) in [6, 6.07) is 20.6. The van der Waals surface area contributed by atoms with Crippen LogP contribution in [0.25, 0.3) is 11.3 Å². The van der Waals surface area contributed by atoms with Crippen molar-refractivity contribution in [2.45, 2.75) is 51.1 Å². The fourth-order valence-corrected chi connectivity index (χ4v) is 5.34. The summed E-state index contributed by atoms with van der Waals surface area (Å²) in [5.41, 5.74) is 6.10. The SMILES string of the molecule is COc1cccc(C(C)N(Nc2nccc(-c3cnn(C(CC#N)C4CCCC4)c3)n2)C(=O)c2ccccc2)c1. The first kappa shape index (κ1) is 26.9. The maximum atomic E-state index is 13.7. The van der Waals surface area contributed by atoms with Crippen LogP contribution in [0.3, 0.4) is 0 Å². The van der Waals surface area contributed by atoms with Crippen LogP contribution in [0.4, 0.5) is 5.95 Å². The van der Waals surface area contributed by atoms with Crippen molar-refractivity contribution < 1.29 is 9.53 Å². The summed E-state index contributed by atoms with van der Waals surface area (Å²) in [5.74, 6) is 1.24. The maximum absolute atomic E-state index is 13.7. The van der Waals surface area contributed by atoms with Crippen LogP contribution >= 0.6 is 0 Å². The van der Waals surface area contributed by atoms with Crippen LogP contribution in [0.15, 0.2) is 79.3 Å². The van der Waals surface area contributed by atoms with Gasteiger partial charge in [-0.2, -0.15) is 10.4 Å². The molecule has 1 aliphatic rings. The molecule has 0 bridgehead atoms. The number of hydrogen-bond donors (Lipinski definition) is 1. The van der Waals surface area contributed by atoms with Crippen molar-refractivity contribution in [3.05, 3.63) is 90.4 Å². The van der Waals surface area contributed by atoms with Gasteiger partial charge in [-0.1, -0.05) is 43.2 Å². The van der Waals surface area contributed by atoms with E-state index in [0.29, 0.717) is 29.3 Å². The van der Waals surface area contributed by atoms with Crippen LogP contribution in [0.2, 0.25) is 0 Å². The molecule has 5 rings (SSSR count). The Morgan fingerprint density at radius 1 is 1.18 bits per heavy atom. The molecule has 2 aromatic heterocycles. The molecule has 0 radical (unpaired) electrons. The Bertz CT molecular complexity index is 1470. The lowest BCUT2D eigenvalue weighted by Crippen LogP contribution is -2.39. The number of hydrazine groups is 1. The van der Waals surface area contributed by atoms with E-state index >= 15 is 0 Å². The van der Waals surface area contributed by atoms with Crippen molar-refractivity contribution in [1.29, 1.82) is 5.26 Å². The third-order valence-electron chi connectivity index (χ3n) is 7.56. The third kappa shape index (κ3) is 5.96. The van der Waals surface area contributed by atoms with E-state index in [-0.39, 0.29) is 23.9 Å². The van der Waals surface area contributed by atoms with Gasteiger partial charge in [0.2, 0.25) is 5.95 Å². The van der Waals surface area contributed by atoms with E-state index in [1.54, 1.807) is 31.6 Å². The van der Waals surface area contributed by atoms with Gasteiger partial charge < -0.3 is 4.74 Å². The molecule has 1 aliphatic carbocycles. The number of nitriles is 1. The Morgan fingerprint density at radius 3 is 2.73 bits per heavy atom. The van der Waals surface area contributed by atoms with Crippen molar-refractivity contribution in [1.82, 2.24) is 24.8 Å². The smallest absolute Gasteiger partial charge is 0.272 e. The molecule has 2 aromatic carbocycles. The van der Waals surface area contributed by atoms with Crippen LogP contribution < -0.4 is 10.2 Å². The summed E-state index contributed by atoms with van der Waals surface area (Å²) in [5, 5.41) is 15.6. The minimum Gasteiger partial charge on any atom is -0.497 e. The molecule has 2 atom stereocenters. The summed E-state index contributed by atoms with van der Waals surface area (Å²) < 4.78 is 7.32. The van der Waals surface area contributed by atoms with Gasteiger partial charge in [0, 0.05) is 23.5 Å². The van der Waals surface area contributed by atoms with E-state index in [0.717, 1.165) is 24.0 Å². The van der Waals surface area contributed by atoms with E-state index in [1.807, 2.05) is 66.3 Å². The third-order valence-corrected chi connectivity index (χ3v) is 7.56. The van der Waals surface area contributed by atoms with E-state index in [1.165, 1.54) is 17.9 Å². The molecule has 0 saturated heterocycles. The maximum Gasteiger partial charge on any atom is 0.272 e. The molecule has 1 saturated carbocycles. The number of carbonyl (C=O) groups excluding carboxylic acids is 1. The fourth-order valence-electron chi connectivity index (χ4n) is 5.34. The van der Waals surface area contributed by atoms with E-state index in [2.05, 4.69) is 21.6 Å². The molecular weight excluding hydrogens is 502 g/mol. The van der Waals surface area contributed by atoms with Gasteiger partial charge in [-0.15, -0.1) is 0 Å². The Balaban J connectivity index is 1.43. The molecule has 204 valence electrons. The van der Waals surface area contributed by atoms with Crippen LogP contribution in [0.1, 0.15) is 67.0 Å². The van der Waals surface area contributed by atoms with E-state index in [4.69, 9.17) is 9.72 Å². The van der Waals surface area contributed by atoms with Crippen LogP contribution in [-0.2, 0) is 0 Å². The molecule has 1 amide bonds. The highest BCUT2D eigenvalue weighted by molar-refractivity contribution is 5.95. The first-order valence-electron chi connectivity index (χ1n) is 13.6. The van der Waals surface area contributed by atoms with Crippen LogP contribution in [-0.4, -0.2) is 37.8 Å². The van der Waals surface area contributed by atoms with Gasteiger partial charge in [-0.3, -0.25) is 14.9 Å². The van der Waals surface area contributed by atoms with Gasteiger partial charge in [0.1, 0.15) is 5.75 Å². The Labute approximate surface area is 234 Å². The summed E-state index contributed by atoms with van der Waals surface area (Å²) in [7, 11) is 1.62. The number of benzene rings is 2. The zero-order valence-corrected chi connectivity index (χ0v) is 22.8. The van der Waals surface area contributed by atoms with Crippen LogP contribution in [0.5, 0.6) is 5.75 Å². The second kappa shape index (κ2) is 12.4. The number of nitrogens with zero attached hydrogens (tertiary/aromatic N) is 6. The average Bonchev–Trinajstić information content (AvgIpc) is 3.72. The molecule has 1 fully saturated rings. The molecule has 40 heavy (non-hydrogen) atoms. The second-order valence-electron chi connectivity index (χ2n) is 10.1.